The minimum absolute atomic E-state index is 0.0783. The summed E-state index contributed by atoms with van der Waals surface area (Å²) in [5.74, 6) is 0.146. The van der Waals surface area contributed by atoms with E-state index in [9.17, 15) is 9.59 Å². The van der Waals surface area contributed by atoms with Gasteiger partial charge in [-0.2, -0.15) is 0 Å². The average Bonchev–Trinajstić information content (AvgIpc) is 2.97. The van der Waals surface area contributed by atoms with Crippen molar-refractivity contribution >= 4 is 60.1 Å². The SMILES string of the molecule is CCC(C)(C)C1CCc2c(sc(NC(=O)C3(C)CC3(Br)Br)c2C(=O)OC)C1. The summed E-state index contributed by atoms with van der Waals surface area (Å²) in [7, 11) is 1.40. The molecular weight excluding hydrogens is 494 g/mol. The first-order valence-corrected chi connectivity index (χ1v) is 11.8. The Bertz CT molecular complexity index is 786. The summed E-state index contributed by atoms with van der Waals surface area (Å²) in [5, 5.41) is 3.66. The molecule has 1 saturated carbocycles. The van der Waals surface area contributed by atoms with Crippen molar-refractivity contribution in [2.75, 3.05) is 12.4 Å². The first kappa shape index (κ1) is 21.3. The van der Waals surface area contributed by atoms with Crippen LogP contribution in [0.2, 0.25) is 0 Å². The number of anilines is 1. The van der Waals surface area contributed by atoms with Crippen molar-refractivity contribution in [2.45, 2.75) is 63.0 Å². The molecule has 2 aliphatic carbocycles. The Morgan fingerprint density at radius 3 is 2.52 bits per heavy atom. The van der Waals surface area contributed by atoms with Gasteiger partial charge in [0.15, 0.2) is 0 Å². The van der Waals surface area contributed by atoms with E-state index in [0.717, 1.165) is 31.2 Å². The number of ether oxygens (including phenoxy) is 1. The van der Waals surface area contributed by atoms with Gasteiger partial charge in [0.05, 0.1) is 21.3 Å². The smallest absolute Gasteiger partial charge is 0.341 e. The zero-order valence-electron chi connectivity index (χ0n) is 16.5. The van der Waals surface area contributed by atoms with Crippen molar-refractivity contribution in [3.05, 3.63) is 16.0 Å². The van der Waals surface area contributed by atoms with Gasteiger partial charge in [0.2, 0.25) is 5.91 Å². The fourth-order valence-corrected chi connectivity index (χ4v) is 6.63. The molecular formula is C20H27Br2NO3S. The van der Waals surface area contributed by atoms with E-state index in [4.69, 9.17) is 4.74 Å². The highest BCUT2D eigenvalue weighted by atomic mass is 79.9. The lowest BCUT2D eigenvalue weighted by Crippen LogP contribution is -2.28. The zero-order chi connectivity index (χ0) is 20.2. The average molecular weight is 521 g/mol. The van der Waals surface area contributed by atoms with E-state index < -0.39 is 5.41 Å². The van der Waals surface area contributed by atoms with Gasteiger partial charge in [-0.25, -0.2) is 4.79 Å². The Balaban J connectivity index is 1.92. The molecule has 0 saturated heterocycles. The summed E-state index contributed by atoms with van der Waals surface area (Å²) in [6.45, 7) is 8.79. The maximum atomic E-state index is 12.8. The zero-order valence-corrected chi connectivity index (χ0v) is 20.5. The molecule has 1 aromatic heterocycles. The third kappa shape index (κ3) is 3.64. The molecule has 4 nitrogen and oxygen atoms in total. The van der Waals surface area contributed by atoms with Gasteiger partial charge >= 0.3 is 5.97 Å². The molecule has 1 aromatic rings. The quantitative estimate of drug-likeness (QED) is 0.387. The van der Waals surface area contributed by atoms with Crippen molar-refractivity contribution in [1.29, 1.82) is 0 Å². The largest absolute Gasteiger partial charge is 0.465 e. The molecule has 0 aromatic carbocycles. The van der Waals surface area contributed by atoms with E-state index in [1.165, 1.54) is 12.0 Å². The number of halogens is 2. The van der Waals surface area contributed by atoms with Crippen LogP contribution >= 0.6 is 43.2 Å². The van der Waals surface area contributed by atoms with Gasteiger partial charge in [0.25, 0.3) is 0 Å². The van der Waals surface area contributed by atoms with Crippen molar-refractivity contribution in [1.82, 2.24) is 0 Å². The lowest BCUT2D eigenvalue weighted by Gasteiger charge is -2.36. The molecule has 0 spiro atoms. The molecule has 2 unspecified atom stereocenters. The van der Waals surface area contributed by atoms with E-state index in [2.05, 4.69) is 57.9 Å². The maximum Gasteiger partial charge on any atom is 0.341 e. The van der Waals surface area contributed by atoms with Gasteiger partial charge in [-0.3, -0.25) is 4.79 Å². The second kappa shape index (κ2) is 7.13. The summed E-state index contributed by atoms with van der Waals surface area (Å²) in [5.41, 5.74) is 1.36. The molecule has 0 bridgehead atoms. The molecule has 27 heavy (non-hydrogen) atoms. The molecule has 150 valence electrons. The van der Waals surface area contributed by atoms with Crippen LogP contribution in [0.25, 0.3) is 0 Å². The van der Waals surface area contributed by atoms with E-state index in [1.807, 2.05) is 6.92 Å². The Labute approximate surface area is 182 Å². The third-order valence-electron chi connectivity index (χ3n) is 6.66. The molecule has 2 aliphatic rings. The van der Waals surface area contributed by atoms with Gasteiger partial charge in [-0.15, -0.1) is 11.3 Å². The van der Waals surface area contributed by atoms with Crippen molar-refractivity contribution in [3.63, 3.8) is 0 Å². The third-order valence-corrected chi connectivity index (χ3v) is 10.1. The van der Waals surface area contributed by atoms with Crippen LogP contribution < -0.4 is 5.32 Å². The van der Waals surface area contributed by atoms with Crippen LogP contribution in [-0.2, 0) is 22.4 Å². The predicted octanol–water partition coefficient (Wildman–Crippen LogP) is 5.91. The second-order valence-corrected chi connectivity index (χ2v) is 13.5. The van der Waals surface area contributed by atoms with Gasteiger partial charge in [0.1, 0.15) is 5.00 Å². The highest BCUT2D eigenvalue weighted by molar-refractivity contribution is 9.25. The standard InChI is InChI=1S/C20H27Br2NO3S/c1-6-18(2,3)11-7-8-12-13(9-11)27-15(14(12)16(24)26-5)23-17(25)19(4)10-20(19,21)22/h11H,6-10H2,1-5H3,(H,23,25). The van der Waals surface area contributed by atoms with E-state index in [-0.39, 0.29) is 20.5 Å². The number of rotatable bonds is 5. The van der Waals surface area contributed by atoms with E-state index in [1.54, 1.807) is 11.3 Å². The molecule has 1 heterocycles. The Kier molecular flexibility index (Phi) is 5.63. The highest BCUT2D eigenvalue weighted by Crippen LogP contribution is 2.66. The molecule has 7 heteroatoms. The number of hydrogen-bond acceptors (Lipinski definition) is 4. The molecule has 3 rings (SSSR count). The van der Waals surface area contributed by atoms with E-state index >= 15 is 0 Å². The number of fused-ring (bicyclic) bond motifs is 1. The lowest BCUT2D eigenvalue weighted by molar-refractivity contribution is -0.120. The lowest BCUT2D eigenvalue weighted by atomic mass is 9.69. The van der Waals surface area contributed by atoms with Crippen LogP contribution in [-0.4, -0.2) is 22.2 Å². The molecule has 1 N–H and O–H groups in total. The minimum atomic E-state index is -0.530. The van der Waals surface area contributed by atoms with Crippen LogP contribution in [0, 0.1) is 16.7 Å². The number of esters is 1. The first-order valence-electron chi connectivity index (χ1n) is 9.39. The number of methoxy groups -OCH3 is 1. The Morgan fingerprint density at radius 1 is 1.37 bits per heavy atom. The maximum absolute atomic E-state index is 12.8. The van der Waals surface area contributed by atoms with Crippen molar-refractivity contribution in [2.24, 2.45) is 16.7 Å². The summed E-state index contributed by atoms with van der Waals surface area (Å²) >= 11 is 8.64. The van der Waals surface area contributed by atoms with Gasteiger partial charge in [0, 0.05) is 4.88 Å². The van der Waals surface area contributed by atoms with Crippen LogP contribution in [0.4, 0.5) is 5.00 Å². The molecule has 0 aliphatic heterocycles. The van der Waals surface area contributed by atoms with Gasteiger partial charge < -0.3 is 10.1 Å². The second-order valence-electron chi connectivity index (χ2n) is 8.65. The minimum Gasteiger partial charge on any atom is -0.465 e. The topological polar surface area (TPSA) is 55.4 Å². The number of hydrogen-bond donors (Lipinski definition) is 1. The summed E-state index contributed by atoms with van der Waals surface area (Å²) in [4.78, 5) is 26.5. The summed E-state index contributed by atoms with van der Waals surface area (Å²) in [6, 6.07) is 0. The number of amides is 1. The number of nitrogens with one attached hydrogen (secondary N) is 1. The Morgan fingerprint density at radius 2 is 2.00 bits per heavy atom. The monoisotopic (exact) mass is 519 g/mol. The summed E-state index contributed by atoms with van der Waals surface area (Å²) in [6.07, 6.45) is 4.71. The van der Waals surface area contributed by atoms with Gasteiger partial charge in [-0.1, -0.05) is 59.1 Å². The van der Waals surface area contributed by atoms with Crippen LogP contribution in [0.1, 0.15) is 67.8 Å². The predicted molar refractivity (Wildman–Crippen MR) is 117 cm³/mol. The number of carbonyl (C=O) groups is 2. The van der Waals surface area contributed by atoms with Crippen LogP contribution in [0.15, 0.2) is 0 Å². The van der Waals surface area contributed by atoms with Crippen molar-refractivity contribution in [3.8, 4) is 0 Å². The number of alkyl halides is 2. The Hall–Kier alpha value is -0.400. The molecule has 0 radical (unpaired) electrons. The highest BCUT2D eigenvalue weighted by Gasteiger charge is 2.66. The fraction of sp³-hybridized carbons (Fsp3) is 0.700. The molecule has 1 fully saturated rings. The number of carbonyl (C=O) groups excluding carboxylic acids is 2. The van der Waals surface area contributed by atoms with Crippen molar-refractivity contribution < 1.29 is 14.3 Å². The number of thiophene rings is 1. The summed E-state index contributed by atoms with van der Waals surface area (Å²) < 4.78 is 4.67. The molecule has 2 atom stereocenters. The van der Waals surface area contributed by atoms with E-state index in [0.29, 0.717) is 22.9 Å². The first-order chi connectivity index (χ1) is 12.5. The van der Waals surface area contributed by atoms with Crippen LogP contribution in [0.5, 0.6) is 0 Å². The molecule has 1 amide bonds. The fourth-order valence-electron chi connectivity index (χ4n) is 3.83. The van der Waals surface area contributed by atoms with Gasteiger partial charge in [-0.05, 0) is 49.5 Å². The normalized spacial score (nSPS) is 26.3. The van der Waals surface area contributed by atoms with Crippen LogP contribution in [0.3, 0.4) is 0 Å².